The fourth-order valence-corrected chi connectivity index (χ4v) is 4.43. The van der Waals surface area contributed by atoms with Crippen molar-refractivity contribution in [2.75, 3.05) is 13.2 Å². The predicted molar refractivity (Wildman–Crippen MR) is 134 cm³/mol. The van der Waals surface area contributed by atoms with Gasteiger partial charge in [0, 0.05) is 31.1 Å². The molecular weight excluding hydrogens is 430 g/mol. The second-order valence-corrected chi connectivity index (χ2v) is 14.9. The molecule has 1 aliphatic heterocycles. The smallest absolute Gasteiger partial charge is 0.251 e. The molecule has 0 saturated heterocycles. The average molecular weight is 468 g/mol. The van der Waals surface area contributed by atoms with Crippen molar-refractivity contribution in [2.24, 2.45) is 5.92 Å². The van der Waals surface area contributed by atoms with Crippen LogP contribution in [-0.4, -0.2) is 33.7 Å². The van der Waals surface area contributed by atoms with Crippen LogP contribution in [0.25, 0.3) is 0 Å². The van der Waals surface area contributed by atoms with Gasteiger partial charge in [0.25, 0.3) is 5.91 Å². The molecule has 2 atom stereocenters. The number of amides is 1. The first kappa shape index (κ1) is 25.1. The Balaban J connectivity index is 1.61. The summed E-state index contributed by atoms with van der Waals surface area (Å²) in [5.41, 5.74) is 1.81. The molecule has 1 amide bonds. The van der Waals surface area contributed by atoms with E-state index in [2.05, 4.69) is 51.3 Å². The van der Waals surface area contributed by atoms with Crippen LogP contribution in [-0.2, 0) is 20.3 Å². The number of carbonyl (C=O) groups is 1. The minimum absolute atomic E-state index is 0.0248. The Bertz CT molecular complexity index is 922. The van der Waals surface area contributed by atoms with E-state index in [1.165, 1.54) is 0 Å². The van der Waals surface area contributed by atoms with Crippen LogP contribution in [0.4, 0.5) is 0 Å². The maximum atomic E-state index is 12.6. The zero-order valence-corrected chi connectivity index (χ0v) is 21.5. The van der Waals surface area contributed by atoms with Gasteiger partial charge in [0.2, 0.25) is 6.29 Å². The minimum atomic E-state index is -1.85. The van der Waals surface area contributed by atoms with E-state index in [-0.39, 0.29) is 23.2 Å². The van der Waals surface area contributed by atoms with Crippen molar-refractivity contribution in [1.82, 2.24) is 5.32 Å². The van der Waals surface area contributed by atoms with Gasteiger partial charge in [0.05, 0.1) is 0 Å². The van der Waals surface area contributed by atoms with Gasteiger partial charge >= 0.3 is 0 Å². The monoisotopic (exact) mass is 467 g/mol. The number of nitrogens with one attached hydrogen (secondary N) is 1. The third-order valence-electron chi connectivity index (χ3n) is 6.53. The second kappa shape index (κ2) is 11.0. The molecule has 2 unspecified atom stereocenters. The van der Waals surface area contributed by atoms with Gasteiger partial charge < -0.3 is 19.2 Å². The van der Waals surface area contributed by atoms with E-state index in [0.717, 1.165) is 17.7 Å². The Morgan fingerprint density at radius 2 is 1.70 bits per heavy atom. The van der Waals surface area contributed by atoms with Gasteiger partial charge in [0.15, 0.2) is 8.32 Å². The quantitative estimate of drug-likeness (QED) is 0.442. The van der Waals surface area contributed by atoms with Crippen molar-refractivity contribution in [2.45, 2.75) is 58.0 Å². The maximum Gasteiger partial charge on any atom is 0.251 e. The summed E-state index contributed by atoms with van der Waals surface area (Å²) in [6.45, 7) is 12.3. The number of hydrogen-bond donors (Lipinski definition) is 1. The molecule has 0 bridgehead atoms. The molecule has 0 spiro atoms. The topological polar surface area (TPSA) is 56.8 Å². The summed E-state index contributed by atoms with van der Waals surface area (Å²) < 4.78 is 18.4. The SMILES string of the molecule is CC(C)(C)[Si](C)(C)OCCC(CNC(=O)c1ccccc1)C1=COC(Cc2ccccc2)O1. The van der Waals surface area contributed by atoms with Crippen molar-refractivity contribution in [1.29, 1.82) is 0 Å². The van der Waals surface area contributed by atoms with Crippen molar-refractivity contribution >= 4 is 14.2 Å². The van der Waals surface area contributed by atoms with Gasteiger partial charge in [-0.05, 0) is 42.2 Å². The van der Waals surface area contributed by atoms with Crippen LogP contribution in [0.1, 0.15) is 43.1 Å². The summed E-state index contributed by atoms with van der Waals surface area (Å²) in [5.74, 6) is 0.651. The van der Waals surface area contributed by atoms with Crippen LogP contribution in [0.2, 0.25) is 18.1 Å². The lowest BCUT2D eigenvalue weighted by atomic mass is 10.0. The van der Waals surface area contributed by atoms with Crippen LogP contribution in [0.5, 0.6) is 0 Å². The van der Waals surface area contributed by atoms with E-state index >= 15 is 0 Å². The highest BCUT2D eigenvalue weighted by Crippen LogP contribution is 2.37. The van der Waals surface area contributed by atoms with Gasteiger partial charge in [-0.1, -0.05) is 69.3 Å². The average Bonchev–Trinajstić information content (AvgIpc) is 3.24. The summed E-state index contributed by atoms with van der Waals surface area (Å²) in [4.78, 5) is 12.6. The zero-order valence-electron chi connectivity index (χ0n) is 20.5. The highest BCUT2D eigenvalue weighted by molar-refractivity contribution is 6.74. The number of ether oxygens (including phenoxy) is 2. The number of hydrogen-bond acceptors (Lipinski definition) is 4. The first-order valence-electron chi connectivity index (χ1n) is 11.7. The molecule has 2 aromatic rings. The molecular formula is C27H37NO4Si. The summed E-state index contributed by atoms with van der Waals surface area (Å²) in [7, 11) is -1.85. The normalized spacial score (nSPS) is 17.0. The second-order valence-electron chi connectivity index (χ2n) is 10.1. The highest BCUT2D eigenvalue weighted by Gasteiger charge is 2.37. The van der Waals surface area contributed by atoms with E-state index in [9.17, 15) is 4.79 Å². The van der Waals surface area contributed by atoms with Gasteiger partial charge in [-0.2, -0.15) is 0 Å². The van der Waals surface area contributed by atoms with Gasteiger partial charge in [-0.3, -0.25) is 4.79 Å². The first-order valence-corrected chi connectivity index (χ1v) is 14.6. The van der Waals surface area contributed by atoms with E-state index in [1.54, 1.807) is 6.26 Å². The van der Waals surface area contributed by atoms with Crippen LogP contribution < -0.4 is 5.32 Å². The Morgan fingerprint density at radius 1 is 1.06 bits per heavy atom. The molecule has 0 radical (unpaired) electrons. The first-order chi connectivity index (χ1) is 15.7. The molecule has 6 heteroatoms. The molecule has 33 heavy (non-hydrogen) atoms. The molecule has 3 rings (SSSR count). The molecule has 0 aliphatic carbocycles. The lowest BCUT2D eigenvalue weighted by molar-refractivity contribution is -0.0368. The van der Waals surface area contributed by atoms with Crippen molar-refractivity contribution in [3.05, 3.63) is 83.8 Å². The van der Waals surface area contributed by atoms with Gasteiger partial charge in [0.1, 0.15) is 12.0 Å². The van der Waals surface area contributed by atoms with Crippen LogP contribution in [0.3, 0.4) is 0 Å². The number of benzene rings is 2. The zero-order chi connectivity index (χ0) is 23.9. The lowest BCUT2D eigenvalue weighted by Crippen LogP contribution is -2.41. The third-order valence-corrected chi connectivity index (χ3v) is 11.1. The van der Waals surface area contributed by atoms with Crippen molar-refractivity contribution in [3.63, 3.8) is 0 Å². The molecule has 1 heterocycles. The molecule has 178 valence electrons. The molecule has 1 aliphatic rings. The van der Waals surface area contributed by atoms with Gasteiger partial charge in [-0.15, -0.1) is 0 Å². The maximum absolute atomic E-state index is 12.6. The Morgan fingerprint density at radius 3 is 2.33 bits per heavy atom. The summed E-state index contributed by atoms with van der Waals surface area (Å²) >= 11 is 0. The number of carbonyl (C=O) groups excluding carboxylic acids is 1. The van der Waals surface area contributed by atoms with Crippen LogP contribution in [0.15, 0.2) is 72.7 Å². The Labute approximate surface area is 199 Å². The molecule has 0 aromatic heterocycles. The van der Waals surface area contributed by atoms with Gasteiger partial charge in [-0.25, -0.2) is 0 Å². The highest BCUT2D eigenvalue weighted by atomic mass is 28.4. The van der Waals surface area contributed by atoms with E-state index < -0.39 is 8.32 Å². The van der Waals surface area contributed by atoms with Crippen molar-refractivity contribution < 1.29 is 18.7 Å². The third kappa shape index (κ3) is 7.21. The fraction of sp³-hybridized carbons (Fsp3) is 0.444. The van der Waals surface area contributed by atoms with Crippen LogP contribution in [0, 0.1) is 5.92 Å². The minimum Gasteiger partial charge on any atom is -0.459 e. The largest absolute Gasteiger partial charge is 0.459 e. The number of rotatable bonds is 10. The molecule has 0 fully saturated rings. The summed E-state index contributed by atoms with van der Waals surface area (Å²) in [6, 6.07) is 19.4. The van der Waals surface area contributed by atoms with E-state index in [0.29, 0.717) is 25.1 Å². The Kier molecular flexibility index (Phi) is 8.38. The predicted octanol–water partition coefficient (Wildman–Crippen LogP) is 5.90. The summed E-state index contributed by atoms with van der Waals surface area (Å²) in [5, 5.41) is 3.21. The molecule has 0 saturated carbocycles. The van der Waals surface area contributed by atoms with Crippen molar-refractivity contribution in [3.8, 4) is 0 Å². The summed E-state index contributed by atoms with van der Waals surface area (Å²) in [6.07, 6.45) is 2.77. The van der Waals surface area contributed by atoms with E-state index in [4.69, 9.17) is 13.9 Å². The fourth-order valence-electron chi connectivity index (χ4n) is 3.36. The molecule has 5 nitrogen and oxygen atoms in total. The molecule has 2 aromatic carbocycles. The Hall–Kier alpha value is -2.57. The lowest BCUT2D eigenvalue weighted by Gasteiger charge is -2.36. The molecule has 1 N–H and O–H groups in total. The standard InChI is InChI=1S/C27H37NO4Si/c1-27(2,3)33(4,5)31-17-16-23(19-28-26(29)22-14-10-7-11-15-22)24-20-30-25(32-24)18-21-12-8-6-9-13-21/h6-15,20,23,25H,16-19H2,1-5H3,(H,28,29). The van der Waals surface area contributed by atoms with E-state index in [1.807, 2.05) is 48.5 Å². The van der Waals surface area contributed by atoms with Crippen LogP contribution >= 0.6 is 0 Å².